The molecule has 0 saturated carbocycles. The Morgan fingerprint density at radius 3 is 2.85 bits per heavy atom. The van der Waals surface area contributed by atoms with Gasteiger partial charge in [0.1, 0.15) is 5.82 Å². The summed E-state index contributed by atoms with van der Waals surface area (Å²) in [5, 5.41) is 0.0721. The van der Waals surface area contributed by atoms with Crippen LogP contribution in [0.1, 0.15) is 5.56 Å². The molecule has 0 bridgehead atoms. The Morgan fingerprint density at radius 1 is 1.62 bits per heavy atom. The zero-order valence-electron chi connectivity index (χ0n) is 6.76. The standard InChI is InChI=1S/C9H8ClFNO/c10-7-3-1-6(5-8(7)11)2-4-9(12)13/h1,3-5H,2H2,(H2,12,13). The SMILES string of the molecule is NC(=O)[CH]Cc1ccc(Cl)c(F)c1. The van der Waals surface area contributed by atoms with Crippen molar-refractivity contribution < 1.29 is 9.18 Å². The molecule has 0 saturated heterocycles. The number of halogens is 2. The Hall–Kier alpha value is -1.09. The minimum absolute atomic E-state index is 0.0721. The summed E-state index contributed by atoms with van der Waals surface area (Å²) in [7, 11) is 0. The molecule has 1 aromatic rings. The monoisotopic (exact) mass is 200 g/mol. The molecule has 2 N–H and O–H groups in total. The lowest BCUT2D eigenvalue weighted by molar-refractivity contribution is -0.115. The molecule has 0 fully saturated rings. The molecule has 4 heteroatoms. The van der Waals surface area contributed by atoms with E-state index in [1.54, 1.807) is 6.07 Å². The molecule has 0 aliphatic carbocycles. The number of nitrogens with two attached hydrogens (primary N) is 1. The third-order valence-electron chi connectivity index (χ3n) is 1.52. The number of carbonyl (C=O) groups is 1. The Kier molecular flexibility index (Phi) is 3.25. The zero-order chi connectivity index (χ0) is 9.84. The van der Waals surface area contributed by atoms with Crippen LogP contribution < -0.4 is 5.73 Å². The van der Waals surface area contributed by atoms with Crippen LogP contribution in [0.3, 0.4) is 0 Å². The summed E-state index contributed by atoms with van der Waals surface area (Å²) in [6.07, 6.45) is 1.60. The first-order valence-electron chi connectivity index (χ1n) is 3.66. The lowest BCUT2D eigenvalue weighted by Crippen LogP contribution is -2.12. The fourth-order valence-electron chi connectivity index (χ4n) is 0.885. The third-order valence-corrected chi connectivity index (χ3v) is 1.83. The van der Waals surface area contributed by atoms with Gasteiger partial charge in [-0.05, 0) is 24.1 Å². The van der Waals surface area contributed by atoms with Gasteiger partial charge in [0.15, 0.2) is 0 Å². The molecule has 1 radical (unpaired) electrons. The number of primary amides is 1. The van der Waals surface area contributed by atoms with Crippen LogP contribution in [-0.2, 0) is 11.2 Å². The van der Waals surface area contributed by atoms with Gasteiger partial charge in [0, 0.05) is 0 Å². The van der Waals surface area contributed by atoms with E-state index in [0.717, 1.165) is 0 Å². The summed E-state index contributed by atoms with van der Waals surface area (Å²) in [6, 6.07) is 4.37. The molecular weight excluding hydrogens is 193 g/mol. The maximum absolute atomic E-state index is 12.8. The highest BCUT2D eigenvalue weighted by molar-refractivity contribution is 6.30. The zero-order valence-corrected chi connectivity index (χ0v) is 7.51. The van der Waals surface area contributed by atoms with Crippen LogP contribution in [0.15, 0.2) is 18.2 Å². The summed E-state index contributed by atoms with van der Waals surface area (Å²) in [5.74, 6) is -1.01. The van der Waals surface area contributed by atoms with Crippen molar-refractivity contribution in [3.05, 3.63) is 41.0 Å². The fraction of sp³-hybridized carbons (Fsp3) is 0.111. The lowest BCUT2D eigenvalue weighted by atomic mass is 10.1. The minimum atomic E-state index is -0.518. The van der Waals surface area contributed by atoms with Crippen LogP contribution in [-0.4, -0.2) is 5.91 Å². The molecule has 0 aliphatic rings. The van der Waals surface area contributed by atoms with Gasteiger partial charge in [0.05, 0.1) is 11.4 Å². The number of benzene rings is 1. The number of amides is 1. The smallest absolute Gasteiger partial charge is 0.221 e. The number of hydrogen-bond donors (Lipinski definition) is 1. The lowest BCUT2D eigenvalue weighted by Gasteiger charge is -1.99. The third kappa shape index (κ3) is 3.03. The van der Waals surface area contributed by atoms with Gasteiger partial charge in [-0.1, -0.05) is 17.7 Å². The Labute approximate surface area is 80.5 Å². The molecule has 1 aromatic carbocycles. The topological polar surface area (TPSA) is 43.1 Å². The molecule has 1 amide bonds. The summed E-state index contributed by atoms with van der Waals surface area (Å²) in [4.78, 5) is 10.4. The van der Waals surface area contributed by atoms with Gasteiger partial charge in [0.25, 0.3) is 0 Å². The first-order valence-corrected chi connectivity index (χ1v) is 4.04. The van der Waals surface area contributed by atoms with Crippen LogP contribution in [0.2, 0.25) is 5.02 Å². The van der Waals surface area contributed by atoms with Crippen molar-refractivity contribution in [2.24, 2.45) is 5.73 Å². The van der Waals surface area contributed by atoms with E-state index < -0.39 is 11.7 Å². The number of rotatable bonds is 3. The van der Waals surface area contributed by atoms with Gasteiger partial charge in [0.2, 0.25) is 5.91 Å². The summed E-state index contributed by atoms with van der Waals surface area (Å²) >= 11 is 5.47. The molecule has 0 atom stereocenters. The largest absolute Gasteiger partial charge is 0.369 e. The fourth-order valence-corrected chi connectivity index (χ4v) is 1.00. The quantitative estimate of drug-likeness (QED) is 0.793. The summed E-state index contributed by atoms with van der Waals surface area (Å²) < 4.78 is 12.8. The highest BCUT2D eigenvalue weighted by Crippen LogP contribution is 2.16. The van der Waals surface area contributed by atoms with Gasteiger partial charge >= 0.3 is 0 Å². The van der Waals surface area contributed by atoms with Crippen LogP contribution in [0.4, 0.5) is 4.39 Å². The summed E-state index contributed by atoms with van der Waals surface area (Å²) in [6.45, 7) is 0. The van der Waals surface area contributed by atoms with Crippen molar-refractivity contribution in [3.8, 4) is 0 Å². The van der Waals surface area contributed by atoms with Crippen molar-refractivity contribution in [2.75, 3.05) is 0 Å². The Bertz CT molecular complexity index is 327. The van der Waals surface area contributed by atoms with Gasteiger partial charge in [-0.2, -0.15) is 0 Å². The van der Waals surface area contributed by atoms with Crippen LogP contribution in [0.5, 0.6) is 0 Å². The highest BCUT2D eigenvalue weighted by atomic mass is 35.5. The molecule has 1 rings (SSSR count). The molecule has 0 spiro atoms. The molecule has 2 nitrogen and oxygen atoms in total. The second-order valence-electron chi connectivity index (χ2n) is 2.56. The van der Waals surface area contributed by atoms with Crippen LogP contribution in [0.25, 0.3) is 0 Å². The average Bonchev–Trinajstić information content (AvgIpc) is 2.07. The molecule has 0 unspecified atom stereocenters. The molecule has 69 valence electrons. The first kappa shape index (κ1) is 9.99. The van der Waals surface area contributed by atoms with E-state index in [0.29, 0.717) is 12.0 Å². The Balaban J connectivity index is 2.68. The van der Waals surface area contributed by atoms with E-state index in [1.165, 1.54) is 18.6 Å². The van der Waals surface area contributed by atoms with Crippen molar-refractivity contribution in [3.63, 3.8) is 0 Å². The molecular formula is C9H8ClFNO. The van der Waals surface area contributed by atoms with Gasteiger partial charge in [-0.3, -0.25) is 4.79 Å². The normalized spacial score (nSPS) is 10.0. The predicted molar refractivity (Wildman–Crippen MR) is 48.6 cm³/mol. The van der Waals surface area contributed by atoms with Crippen LogP contribution in [0, 0.1) is 12.2 Å². The second-order valence-corrected chi connectivity index (χ2v) is 2.97. The van der Waals surface area contributed by atoms with E-state index >= 15 is 0 Å². The van der Waals surface area contributed by atoms with Crippen molar-refractivity contribution in [2.45, 2.75) is 6.42 Å². The number of carbonyl (C=O) groups excluding carboxylic acids is 1. The van der Waals surface area contributed by atoms with E-state index in [-0.39, 0.29) is 5.02 Å². The molecule has 0 heterocycles. The predicted octanol–water partition coefficient (Wildman–Crippen LogP) is 1.71. The van der Waals surface area contributed by atoms with Gasteiger partial charge in [-0.25, -0.2) is 4.39 Å². The first-order chi connectivity index (χ1) is 6.09. The maximum atomic E-state index is 12.8. The van der Waals surface area contributed by atoms with E-state index in [9.17, 15) is 9.18 Å². The maximum Gasteiger partial charge on any atom is 0.221 e. The highest BCUT2D eigenvalue weighted by Gasteiger charge is 2.02. The van der Waals surface area contributed by atoms with Crippen molar-refractivity contribution in [1.29, 1.82) is 0 Å². The van der Waals surface area contributed by atoms with E-state index in [1.807, 2.05) is 0 Å². The molecule has 0 aliphatic heterocycles. The van der Waals surface area contributed by atoms with E-state index in [4.69, 9.17) is 17.3 Å². The second kappa shape index (κ2) is 4.23. The average molecular weight is 201 g/mol. The van der Waals surface area contributed by atoms with Crippen molar-refractivity contribution >= 4 is 17.5 Å². The summed E-state index contributed by atoms with van der Waals surface area (Å²) in [5.41, 5.74) is 5.56. The molecule has 13 heavy (non-hydrogen) atoms. The van der Waals surface area contributed by atoms with Crippen molar-refractivity contribution in [1.82, 2.24) is 0 Å². The van der Waals surface area contributed by atoms with Crippen LogP contribution >= 0.6 is 11.6 Å². The number of hydrogen-bond acceptors (Lipinski definition) is 1. The Morgan fingerprint density at radius 2 is 2.31 bits per heavy atom. The van der Waals surface area contributed by atoms with E-state index in [2.05, 4.69) is 0 Å². The van der Waals surface area contributed by atoms with Gasteiger partial charge in [-0.15, -0.1) is 0 Å². The molecule has 0 aromatic heterocycles. The minimum Gasteiger partial charge on any atom is -0.369 e. The van der Waals surface area contributed by atoms with Gasteiger partial charge < -0.3 is 5.73 Å².